The van der Waals surface area contributed by atoms with Gasteiger partial charge >= 0.3 is 0 Å². The third-order valence-corrected chi connectivity index (χ3v) is 6.36. The van der Waals surface area contributed by atoms with Gasteiger partial charge in [0.1, 0.15) is 16.7 Å². The number of carbonyl (C=O) groups is 1. The van der Waals surface area contributed by atoms with Crippen molar-refractivity contribution in [3.8, 4) is 0 Å². The summed E-state index contributed by atoms with van der Waals surface area (Å²) in [5.41, 5.74) is 0.818. The molecule has 1 aliphatic heterocycles. The van der Waals surface area contributed by atoms with Crippen LogP contribution in [0.3, 0.4) is 0 Å². The highest BCUT2D eigenvalue weighted by Crippen LogP contribution is 2.30. The predicted molar refractivity (Wildman–Crippen MR) is 108 cm³/mol. The van der Waals surface area contributed by atoms with Crippen molar-refractivity contribution < 1.29 is 4.79 Å². The minimum atomic E-state index is -0.0942. The molecule has 1 unspecified atom stereocenters. The number of fused-ring (bicyclic) bond motifs is 1. The molecule has 0 spiro atoms. The van der Waals surface area contributed by atoms with E-state index in [2.05, 4.69) is 46.1 Å². The molecule has 0 bridgehead atoms. The molecular weight excluding hydrogens is 410 g/mol. The second-order valence-electron chi connectivity index (χ2n) is 7.50. The number of aromatic nitrogens is 4. The van der Waals surface area contributed by atoms with Crippen LogP contribution in [0.4, 0.5) is 5.82 Å². The molecule has 0 radical (unpaired) electrons. The lowest BCUT2D eigenvalue weighted by molar-refractivity contribution is -0.126. The Morgan fingerprint density at radius 2 is 1.93 bits per heavy atom. The Bertz CT molecular complexity index is 824. The number of amides is 1. The monoisotopic (exact) mass is 435 g/mol. The summed E-state index contributed by atoms with van der Waals surface area (Å²) in [7, 11) is 1.88. The Kier molecular flexibility index (Phi) is 5.32. The van der Waals surface area contributed by atoms with E-state index < -0.39 is 0 Å². The van der Waals surface area contributed by atoms with Crippen LogP contribution in [0.5, 0.6) is 0 Å². The molecule has 27 heavy (non-hydrogen) atoms. The summed E-state index contributed by atoms with van der Waals surface area (Å²) in [6.07, 6.45) is 6.30. The van der Waals surface area contributed by atoms with Crippen LogP contribution in [-0.4, -0.2) is 68.8 Å². The minimum absolute atomic E-state index is 0.0942. The first-order valence-electron chi connectivity index (χ1n) is 9.67. The summed E-state index contributed by atoms with van der Waals surface area (Å²) in [6, 6.07) is 0.279. The molecule has 1 amide bonds. The second kappa shape index (κ2) is 7.71. The highest BCUT2D eigenvalue weighted by Gasteiger charge is 2.29. The van der Waals surface area contributed by atoms with Gasteiger partial charge in [-0.1, -0.05) is 12.8 Å². The summed E-state index contributed by atoms with van der Waals surface area (Å²) in [5.74, 6) is 1.07. The lowest BCUT2D eigenvalue weighted by Gasteiger charge is -2.38. The number of hydrogen-bond donors (Lipinski definition) is 1. The highest BCUT2D eigenvalue weighted by molar-refractivity contribution is 9.10. The van der Waals surface area contributed by atoms with E-state index in [4.69, 9.17) is 0 Å². The first-order chi connectivity index (χ1) is 13.0. The average molecular weight is 436 g/mol. The molecule has 1 aliphatic carbocycles. The molecule has 1 atom stereocenters. The van der Waals surface area contributed by atoms with Gasteiger partial charge in [0.2, 0.25) is 5.91 Å². The van der Waals surface area contributed by atoms with E-state index in [1.807, 2.05) is 14.0 Å². The van der Waals surface area contributed by atoms with Gasteiger partial charge in [-0.15, -0.1) is 0 Å². The van der Waals surface area contributed by atoms with Crippen LogP contribution in [0.15, 0.2) is 10.9 Å². The van der Waals surface area contributed by atoms with Crippen LogP contribution in [0.25, 0.3) is 11.0 Å². The van der Waals surface area contributed by atoms with Gasteiger partial charge in [0.15, 0.2) is 5.65 Å². The number of hydrogen-bond acceptors (Lipinski definition) is 6. The predicted octanol–water partition coefficient (Wildman–Crippen LogP) is 1.70. The quantitative estimate of drug-likeness (QED) is 0.786. The van der Waals surface area contributed by atoms with Crippen LogP contribution < -0.4 is 10.2 Å². The molecular formula is C18H26BrN7O. The van der Waals surface area contributed by atoms with Gasteiger partial charge in [0.25, 0.3) is 0 Å². The number of aryl methyl sites for hydroxylation is 1. The van der Waals surface area contributed by atoms with Crippen molar-refractivity contribution in [2.45, 2.75) is 44.7 Å². The molecule has 9 heteroatoms. The van der Waals surface area contributed by atoms with Crippen LogP contribution in [0.1, 0.15) is 32.6 Å². The number of rotatable bonds is 4. The van der Waals surface area contributed by atoms with Crippen molar-refractivity contribution in [2.75, 3.05) is 31.1 Å². The first-order valence-corrected chi connectivity index (χ1v) is 10.5. The molecule has 4 rings (SSSR count). The number of anilines is 1. The number of nitrogens with one attached hydrogen (secondary N) is 1. The average Bonchev–Trinajstić information content (AvgIpc) is 3.29. The molecule has 2 aliphatic rings. The molecule has 2 fully saturated rings. The van der Waals surface area contributed by atoms with Crippen molar-refractivity contribution in [3.05, 3.63) is 10.9 Å². The van der Waals surface area contributed by atoms with Crippen molar-refractivity contribution in [1.82, 2.24) is 30.0 Å². The Morgan fingerprint density at radius 3 is 2.63 bits per heavy atom. The SMILES string of the molecule is CC(C(=O)NC1CCCC1)N1CCN(c2ncnc3c2c(Br)nn3C)CC1. The van der Waals surface area contributed by atoms with Gasteiger partial charge in [-0.05, 0) is 35.7 Å². The Morgan fingerprint density at radius 1 is 1.22 bits per heavy atom. The maximum Gasteiger partial charge on any atom is 0.237 e. The Hall–Kier alpha value is -1.74. The third-order valence-electron chi connectivity index (χ3n) is 5.80. The summed E-state index contributed by atoms with van der Waals surface area (Å²) in [6.45, 7) is 5.34. The first kappa shape index (κ1) is 18.6. The maximum atomic E-state index is 12.6. The Labute approximate surface area is 167 Å². The number of halogens is 1. The molecule has 0 aromatic carbocycles. The largest absolute Gasteiger partial charge is 0.353 e. The standard InChI is InChI=1S/C18H26BrN7O/c1-12(18(27)22-13-5-3-4-6-13)25-7-9-26(10-8-25)17-14-15(19)23-24(2)16(14)20-11-21-17/h11-13H,3-10H2,1-2H3,(H,22,27). The summed E-state index contributed by atoms with van der Waals surface area (Å²) >= 11 is 3.53. The zero-order chi connectivity index (χ0) is 19.0. The molecule has 1 saturated heterocycles. The van der Waals surface area contributed by atoms with Crippen molar-refractivity contribution in [3.63, 3.8) is 0 Å². The minimum Gasteiger partial charge on any atom is -0.353 e. The van der Waals surface area contributed by atoms with E-state index in [9.17, 15) is 4.79 Å². The molecule has 1 N–H and O–H groups in total. The molecule has 2 aromatic rings. The zero-order valence-electron chi connectivity index (χ0n) is 15.9. The fourth-order valence-electron chi connectivity index (χ4n) is 4.14. The zero-order valence-corrected chi connectivity index (χ0v) is 17.4. The van der Waals surface area contributed by atoms with Gasteiger partial charge in [-0.2, -0.15) is 5.10 Å². The van der Waals surface area contributed by atoms with Crippen molar-refractivity contribution in [1.29, 1.82) is 0 Å². The summed E-state index contributed by atoms with van der Waals surface area (Å²) < 4.78 is 2.53. The van der Waals surface area contributed by atoms with Crippen LogP contribution in [-0.2, 0) is 11.8 Å². The fourth-order valence-corrected chi connectivity index (χ4v) is 4.74. The van der Waals surface area contributed by atoms with Gasteiger partial charge in [-0.3, -0.25) is 9.69 Å². The van der Waals surface area contributed by atoms with E-state index in [0.29, 0.717) is 6.04 Å². The van der Waals surface area contributed by atoms with E-state index in [-0.39, 0.29) is 11.9 Å². The molecule has 3 heterocycles. The van der Waals surface area contributed by atoms with E-state index >= 15 is 0 Å². The third kappa shape index (κ3) is 3.67. The van der Waals surface area contributed by atoms with Crippen LogP contribution in [0.2, 0.25) is 0 Å². The van der Waals surface area contributed by atoms with Crippen molar-refractivity contribution >= 4 is 38.7 Å². The van der Waals surface area contributed by atoms with Gasteiger partial charge in [-0.25, -0.2) is 14.6 Å². The maximum absolute atomic E-state index is 12.6. The molecule has 2 aromatic heterocycles. The normalized spacial score (nSPS) is 20.3. The number of piperazine rings is 1. The lowest BCUT2D eigenvalue weighted by atomic mass is 10.2. The highest BCUT2D eigenvalue weighted by atomic mass is 79.9. The molecule has 8 nitrogen and oxygen atoms in total. The molecule has 146 valence electrons. The van der Waals surface area contributed by atoms with Crippen LogP contribution in [0, 0.1) is 0 Å². The topological polar surface area (TPSA) is 79.2 Å². The lowest BCUT2D eigenvalue weighted by Crippen LogP contribution is -2.55. The number of nitrogens with zero attached hydrogens (tertiary/aromatic N) is 6. The van der Waals surface area contributed by atoms with E-state index in [0.717, 1.165) is 60.5 Å². The number of carbonyl (C=O) groups excluding carboxylic acids is 1. The van der Waals surface area contributed by atoms with E-state index in [1.165, 1.54) is 12.8 Å². The van der Waals surface area contributed by atoms with Gasteiger partial charge < -0.3 is 10.2 Å². The molecule has 1 saturated carbocycles. The van der Waals surface area contributed by atoms with E-state index in [1.54, 1.807) is 11.0 Å². The smallest absolute Gasteiger partial charge is 0.237 e. The van der Waals surface area contributed by atoms with Gasteiger partial charge in [0.05, 0.1) is 11.4 Å². The van der Waals surface area contributed by atoms with Crippen molar-refractivity contribution in [2.24, 2.45) is 7.05 Å². The fraction of sp³-hybridized carbons (Fsp3) is 0.667. The second-order valence-corrected chi connectivity index (χ2v) is 8.25. The summed E-state index contributed by atoms with van der Waals surface area (Å²) in [4.78, 5) is 25.9. The Balaban J connectivity index is 1.41. The summed E-state index contributed by atoms with van der Waals surface area (Å²) in [5, 5.41) is 8.57. The van der Waals surface area contributed by atoms with Crippen LogP contribution >= 0.6 is 15.9 Å². The van der Waals surface area contributed by atoms with Gasteiger partial charge in [0, 0.05) is 39.3 Å².